The van der Waals surface area contributed by atoms with Gasteiger partial charge in [0.2, 0.25) is 0 Å². The van der Waals surface area contributed by atoms with Crippen LogP contribution in [0.5, 0.6) is 0 Å². The highest BCUT2D eigenvalue weighted by Gasteiger charge is 2.28. The molecule has 0 amide bonds. The summed E-state index contributed by atoms with van der Waals surface area (Å²) in [6.07, 6.45) is 5.33. The first kappa shape index (κ1) is 15.5. The summed E-state index contributed by atoms with van der Waals surface area (Å²) in [5.74, 6) is 1.21. The minimum atomic E-state index is 0.286. The zero-order valence-corrected chi connectivity index (χ0v) is 13.4. The molecule has 1 N–H and O–H groups in total. The van der Waals surface area contributed by atoms with Gasteiger partial charge in [0.1, 0.15) is 0 Å². The molecular formula is C18H29NO. The molecule has 0 fully saturated rings. The van der Waals surface area contributed by atoms with E-state index in [9.17, 15) is 0 Å². The molecule has 0 saturated heterocycles. The summed E-state index contributed by atoms with van der Waals surface area (Å²) in [5, 5.41) is 3.49. The molecule has 1 aliphatic carbocycles. The van der Waals surface area contributed by atoms with Gasteiger partial charge in [-0.2, -0.15) is 0 Å². The molecule has 0 saturated carbocycles. The van der Waals surface area contributed by atoms with Crippen molar-refractivity contribution in [3.8, 4) is 0 Å². The van der Waals surface area contributed by atoms with Crippen molar-refractivity contribution in [2.45, 2.75) is 57.6 Å². The van der Waals surface area contributed by atoms with E-state index in [1.165, 1.54) is 25.7 Å². The summed E-state index contributed by atoms with van der Waals surface area (Å²) in [6, 6.07) is 9.40. The van der Waals surface area contributed by atoms with Crippen LogP contribution < -0.4 is 5.32 Å². The number of hydrogen-bond donors (Lipinski definition) is 1. The predicted octanol–water partition coefficient (Wildman–Crippen LogP) is 3.76. The van der Waals surface area contributed by atoms with Crippen LogP contribution in [0.25, 0.3) is 0 Å². The summed E-state index contributed by atoms with van der Waals surface area (Å²) >= 11 is 0. The van der Waals surface area contributed by atoms with E-state index in [0.29, 0.717) is 17.9 Å². The summed E-state index contributed by atoms with van der Waals surface area (Å²) in [7, 11) is 3.90. The van der Waals surface area contributed by atoms with Gasteiger partial charge in [0.05, 0.1) is 6.10 Å². The number of hydrogen-bond acceptors (Lipinski definition) is 2. The highest BCUT2D eigenvalue weighted by molar-refractivity contribution is 5.32. The Labute approximate surface area is 123 Å². The minimum Gasteiger partial charge on any atom is -0.380 e. The van der Waals surface area contributed by atoms with Gasteiger partial charge in [0, 0.05) is 13.2 Å². The smallest absolute Gasteiger partial charge is 0.0747 e. The van der Waals surface area contributed by atoms with E-state index < -0.39 is 0 Å². The van der Waals surface area contributed by atoms with Gasteiger partial charge in [-0.05, 0) is 55.7 Å². The first-order valence-corrected chi connectivity index (χ1v) is 7.95. The molecule has 2 nitrogen and oxygen atoms in total. The van der Waals surface area contributed by atoms with Crippen molar-refractivity contribution in [1.29, 1.82) is 0 Å². The lowest BCUT2D eigenvalue weighted by Gasteiger charge is -2.34. The van der Waals surface area contributed by atoms with E-state index in [0.717, 1.165) is 0 Å². The largest absolute Gasteiger partial charge is 0.380 e. The molecule has 0 aromatic heterocycles. The SMILES string of the molecule is CNC(CC1CCCc2ccccc21)C(OC)C(C)C. The van der Waals surface area contributed by atoms with E-state index in [-0.39, 0.29) is 6.10 Å². The second kappa shape index (κ2) is 7.24. The van der Waals surface area contributed by atoms with E-state index >= 15 is 0 Å². The van der Waals surface area contributed by atoms with Crippen LogP contribution in [0.3, 0.4) is 0 Å². The van der Waals surface area contributed by atoms with Crippen LogP contribution >= 0.6 is 0 Å². The van der Waals surface area contributed by atoms with Gasteiger partial charge in [0.15, 0.2) is 0 Å². The fourth-order valence-corrected chi connectivity index (χ4v) is 3.72. The highest BCUT2D eigenvalue weighted by atomic mass is 16.5. The molecule has 112 valence electrons. The topological polar surface area (TPSA) is 21.3 Å². The van der Waals surface area contributed by atoms with Crippen molar-refractivity contribution in [3.63, 3.8) is 0 Å². The molecule has 0 heterocycles. The lowest BCUT2D eigenvalue weighted by Crippen LogP contribution is -2.43. The third kappa shape index (κ3) is 3.42. The predicted molar refractivity (Wildman–Crippen MR) is 85.2 cm³/mol. The van der Waals surface area contributed by atoms with Gasteiger partial charge in [-0.1, -0.05) is 38.1 Å². The van der Waals surface area contributed by atoms with Gasteiger partial charge < -0.3 is 10.1 Å². The molecule has 0 aliphatic heterocycles. The zero-order valence-electron chi connectivity index (χ0n) is 13.4. The third-order valence-corrected chi connectivity index (χ3v) is 4.73. The third-order valence-electron chi connectivity index (χ3n) is 4.73. The molecule has 20 heavy (non-hydrogen) atoms. The Balaban J connectivity index is 2.12. The van der Waals surface area contributed by atoms with Crippen molar-refractivity contribution >= 4 is 0 Å². The molecule has 3 atom stereocenters. The maximum atomic E-state index is 5.73. The summed E-state index contributed by atoms with van der Waals surface area (Å²) in [4.78, 5) is 0. The molecule has 2 rings (SSSR count). The van der Waals surface area contributed by atoms with Crippen molar-refractivity contribution in [2.24, 2.45) is 5.92 Å². The van der Waals surface area contributed by atoms with Gasteiger partial charge in [-0.15, -0.1) is 0 Å². The Morgan fingerprint density at radius 1 is 1.30 bits per heavy atom. The molecule has 1 aromatic carbocycles. The Morgan fingerprint density at radius 3 is 2.70 bits per heavy atom. The summed E-state index contributed by atoms with van der Waals surface area (Å²) < 4.78 is 5.73. The number of aryl methyl sites for hydroxylation is 1. The summed E-state index contributed by atoms with van der Waals surface area (Å²) in [5.41, 5.74) is 3.12. The molecular weight excluding hydrogens is 246 g/mol. The number of methoxy groups -OCH3 is 1. The maximum Gasteiger partial charge on any atom is 0.0747 e. The van der Waals surface area contributed by atoms with E-state index in [4.69, 9.17) is 4.74 Å². The van der Waals surface area contributed by atoms with Crippen molar-refractivity contribution in [3.05, 3.63) is 35.4 Å². The van der Waals surface area contributed by atoms with Crippen molar-refractivity contribution in [1.82, 2.24) is 5.32 Å². The summed E-state index contributed by atoms with van der Waals surface area (Å²) in [6.45, 7) is 4.49. The Morgan fingerprint density at radius 2 is 2.05 bits per heavy atom. The highest BCUT2D eigenvalue weighted by Crippen LogP contribution is 2.35. The van der Waals surface area contributed by atoms with Crippen molar-refractivity contribution in [2.75, 3.05) is 14.2 Å². The lowest BCUT2D eigenvalue weighted by molar-refractivity contribution is 0.0303. The van der Waals surface area contributed by atoms with Crippen LogP contribution in [0.15, 0.2) is 24.3 Å². The number of rotatable bonds is 6. The Hall–Kier alpha value is -0.860. The molecule has 3 unspecified atom stereocenters. The van der Waals surface area contributed by atoms with Crippen LogP contribution in [0.1, 0.15) is 50.2 Å². The molecule has 0 spiro atoms. The fourth-order valence-electron chi connectivity index (χ4n) is 3.72. The number of ether oxygens (including phenoxy) is 1. The van der Waals surface area contributed by atoms with Gasteiger partial charge in [-0.25, -0.2) is 0 Å². The molecule has 0 bridgehead atoms. The Kier molecular flexibility index (Phi) is 5.62. The first-order chi connectivity index (χ1) is 9.67. The van der Waals surface area contributed by atoms with Gasteiger partial charge in [0.25, 0.3) is 0 Å². The van der Waals surface area contributed by atoms with Crippen LogP contribution in [0.2, 0.25) is 0 Å². The quantitative estimate of drug-likeness (QED) is 0.853. The van der Waals surface area contributed by atoms with E-state index in [2.05, 4.69) is 50.5 Å². The number of likely N-dealkylation sites (N-methyl/N-ethyl adjacent to an activating group) is 1. The van der Waals surface area contributed by atoms with Gasteiger partial charge >= 0.3 is 0 Å². The lowest BCUT2D eigenvalue weighted by atomic mass is 9.78. The molecule has 1 aliphatic rings. The average molecular weight is 275 g/mol. The van der Waals surface area contributed by atoms with Gasteiger partial charge in [-0.3, -0.25) is 0 Å². The normalized spacial score (nSPS) is 21.6. The van der Waals surface area contributed by atoms with Crippen LogP contribution in [0, 0.1) is 5.92 Å². The second-order valence-corrected chi connectivity index (χ2v) is 6.36. The standard InChI is InChI=1S/C18H29NO/c1-13(2)18(20-4)17(19-3)12-15-10-7-9-14-8-5-6-11-16(14)15/h5-6,8,11,13,15,17-19H,7,9-10,12H2,1-4H3. The molecule has 0 radical (unpaired) electrons. The van der Waals surface area contributed by atoms with E-state index in [1.807, 2.05) is 7.11 Å². The minimum absolute atomic E-state index is 0.286. The zero-order chi connectivity index (χ0) is 14.5. The van der Waals surface area contributed by atoms with Crippen LogP contribution in [-0.2, 0) is 11.2 Å². The van der Waals surface area contributed by atoms with Crippen molar-refractivity contribution < 1.29 is 4.74 Å². The van der Waals surface area contributed by atoms with Crippen LogP contribution in [-0.4, -0.2) is 26.3 Å². The monoisotopic (exact) mass is 275 g/mol. The fraction of sp³-hybridized carbons (Fsp3) is 0.667. The Bertz CT molecular complexity index is 416. The first-order valence-electron chi connectivity index (χ1n) is 7.95. The van der Waals surface area contributed by atoms with Crippen LogP contribution in [0.4, 0.5) is 0 Å². The molecule has 2 heteroatoms. The number of benzene rings is 1. The number of nitrogens with one attached hydrogen (secondary N) is 1. The van der Waals surface area contributed by atoms with E-state index in [1.54, 1.807) is 11.1 Å². The maximum absolute atomic E-state index is 5.73. The molecule has 1 aromatic rings. The number of fused-ring (bicyclic) bond motifs is 1. The average Bonchev–Trinajstić information content (AvgIpc) is 2.46. The second-order valence-electron chi connectivity index (χ2n) is 6.36.